The number of hydrazone groups is 1. The van der Waals surface area contributed by atoms with Gasteiger partial charge in [0, 0.05) is 11.4 Å². The van der Waals surface area contributed by atoms with E-state index in [9.17, 15) is 0 Å². The zero-order valence-corrected chi connectivity index (χ0v) is 17.3. The summed E-state index contributed by atoms with van der Waals surface area (Å²) >= 11 is 6.11. The fourth-order valence-corrected chi connectivity index (χ4v) is 3.74. The highest BCUT2D eigenvalue weighted by atomic mass is 35.5. The summed E-state index contributed by atoms with van der Waals surface area (Å²) in [6.07, 6.45) is 0.866. The van der Waals surface area contributed by atoms with Gasteiger partial charge in [-0.3, -0.25) is 5.01 Å². The van der Waals surface area contributed by atoms with Gasteiger partial charge in [0.15, 0.2) is 0 Å². The summed E-state index contributed by atoms with van der Waals surface area (Å²) < 4.78 is 0. The smallest absolute Gasteiger partial charge is 0.0831 e. The second-order valence-corrected chi connectivity index (χ2v) is 8.76. The number of anilines is 1. The molecule has 1 atom stereocenters. The molecule has 0 saturated heterocycles. The van der Waals surface area contributed by atoms with Crippen LogP contribution in [0.1, 0.15) is 49.9 Å². The van der Waals surface area contributed by atoms with Crippen molar-refractivity contribution in [3.05, 3.63) is 101 Å². The third-order valence-corrected chi connectivity index (χ3v) is 5.52. The second kappa shape index (κ2) is 7.44. The van der Waals surface area contributed by atoms with Crippen molar-refractivity contribution in [2.24, 2.45) is 5.10 Å². The van der Waals surface area contributed by atoms with E-state index in [2.05, 4.69) is 86.4 Å². The van der Waals surface area contributed by atoms with Crippen molar-refractivity contribution in [1.82, 2.24) is 0 Å². The van der Waals surface area contributed by atoms with Crippen LogP contribution in [0, 0.1) is 0 Å². The molecule has 3 aromatic carbocycles. The normalized spacial score (nSPS) is 16.9. The SMILES string of the molecule is CC(C)(C)c1ccc(C2=NN(c3ccccc3)[C@H](c3ccc(Cl)cc3)C2)cc1. The second-order valence-electron chi connectivity index (χ2n) is 8.33. The first-order chi connectivity index (χ1) is 13.4. The number of benzene rings is 3. The summed E-state index contributed by atoms with van der Waals surface area (Å²) in [5, 5.41) is 7.91. The highest BCUT2D eigenvalue weighted by Gasteiger charge is 2.30. The lowest BCUT2D eigenvalue weighted by Gasteiger charge is -2.24. The Balaban J connectivity index is 1.70. The van der Waals surface area contributed by atoms with E-state index in [1.165, 1.54) is 16.7 Å². The largest absolute Gasteiger partial charge is 0.257 e. The Morgan fingerprint density at radius 2 is 1.50 bits per heavy atom. The minimum atomic E-state index is 0.151. The average Bonchev–Trinajstić information content (AvgIpc) is 3.14. The Morgan fingerprint density at radius 3 is 2.11 bits per heavy atom. The van der Waals surface area contributed by atoms with E-state index < -0.39 is 0 Å². The topological polar surface area (TPSA) is 15.6 Å². The van der Waals surface area contributed by atoms with Gasteiger partial charge >= 0.3 is 0 Å². The van der Waals surface area contributed by atoms with Gasteiger partial charge in [-0.05, 0) is 46.4 Å². The van der Waals surface area contributed by atoms with E-state index in [0.717, 1.165) is 22.8 Å². The Hall–Kier alpha value is -2.58. The average molecular weight is 389 g/mol. The van der Waals surface area contributed by atoms with E-state index in [4.69, 9.17) is 16.7 Å². The molecule has 0 aliphatic carbocycles. The number of para-hydroxylation sites is 1. The Bertz CT molecular complexity index is 968. The van der Waals surface area contributed by atoms with Gasteiger partial charge in [0.25, 0.3) is 0 Å². The summed E-state index contributed by atoms with van der Waals surface area (Å²) in [7, 11) is 0. The number of hydrogen-bond donors (Lipinski definition) is 0. The lowest BCUT2D eigenvalue weighted by atomic mass is 9.86. The van der Waals surface area contributed by atoms with Gasteiger partial charge in [0.1, 0.15) is 0 Å². The van der Waals surface area contributed by atoms with Crippen molar-refractivity contribution in [2.75, 3.05) is 5.01 Å². The zero-order valence-electron chi connectivity index (χ0n) is 16.6. The molecule has 1 heterocycles. The molecule has 4 rings (SSSR count). The van der Waals surface area contributed by atoms with Crippen LogP contribution in [-0.2, 0) is 5.41 Å². The summed E-state index contributed by atoms with van der Waals surface area (Å²) in [4.78, 5) is 0. The fraction of sp³-hybridized carbons (Fsp3) is 0.240. The number of halogens is 1. The molecule has 0 fully saturated rings. The van der Waals surface area contributed by atoms with E-state index >= 15 is 0 Å². The van der Waals surface area contributed by atoms with E-state index in [0.29, 0.717) is 0 Å². The van der Waals surface area contributed by atoms with E-state index in [1.807, 2.05) is 18.2 Å². The third-order valence-electron chi connectivity index (χ3n) is 5.27. The standard InChI is InChI=1S/C25H25ClN2/c1-25(2,3)20-13-9-18(10-14-20)23-17-24(19-11-15-21(26)16-12-19)28(27-23)22-7-5-4-6-8-22/h4-16,24H,17H2,1-3H3/t24-/m0/s1. The van der Waals surface area contributed by atoms with Gasteiger partial charge in [0.05, 0.1) is 17.4 Å². The van der Waals surface area contributed by atoms with Crippen molar-refractivity contribution in [2.45, 2.75) is 38.6 Å². The molecule has 0 radical (unpaired) electrons. The minimum Gasteiger partial charge on any atom is -0.257 e. The van der Waals surface area contributed by atoms with E-state index in [1.54, 1.807) is 0 Å². The molecule has 0 bridgehead atoms. The Morgan fingerprint density at radius 1 is 0.857 bits per heavy atom. The first-order valence-corrected chi connectivity index (χ1v) is 10.1. The van der Waals surface area contributed by atoms with Crippen molar-refractivity contribution < 1.29 is 0 Å². The summed E-state index contributed by atoms with van der Waals surface area (Å²) in [5.74, 6) is 0. The highest BCUT2D eigenvalue weighted by Crippen LogP contribution is 2.37. The molecule has 1 aliphatic rings. The minimum absolute atomic E-state index is 0.151. The van der Waals surface area contributed by atoms with Crippen LogP contribution in [0.4, 0.5) is 5.69 Å². The van der Waals surface area contributed by atoms with Crippen LogP contribution in [-0.4, -0.2) is 5.71 Å². The van der Waals surface area contributed by atoms with Gasteiger partial charge in [-0.15, -0.1) is 0 Å². The monoisotopic (exact) mass is 388 g/mol. The molecule has 0 aromatic heterocycles. The molecule has 0 unspecified atom stereocenters. The molecule has 0 spiro atoms. The van der Waals surface area contributed by atoms with Crippen LogP contribution >= 0.6 is 11.6 Å². The fourth-order valence-electron chi connectivity index (χ4n) is 3.61. The molecule has 1 aliphatic heterocycles. The predicted octanol–water partition coefficient (Wildman–Crippen LogP) is 6.99. The van der Waals surface area contributed by atoms with Gasteiger partial charge in [-0.2, -0.15) is 5.10 Å². The van der Waals surface area contributed by atoms with Gasteiger partial charge < -0.3 is 0 Å². The molecule has 0 saturated carbocycles. The van der Waals surface area contributed by atoms with Crippen LogP contribution in [0.15, 0.2) is 84.0 Å². The number of rotatable bonds is 3. The lowest BCUT2D eigenvalue weighted by Crippen LogP contribution is -2.18. The van der Waals surface area contributed by atoms with Crippen molar-refractivity contribution in [1.29, 1.82) is 0 Å². The Kier molecular flexibility index (Phi) is 4.99. The van der Waals surface area contributed by atoms with Gasteiger partial charge in [-0.25, -0.2) is 0 Å². The quantitative estimate of drug-likeness (QED) is 0.471. The zero-order chi connectivity index (χ0) is 19.7. The molecule has 3 aromatic rings. The summed E-state index contributed by atoms with van der Waals surface area (Å²) in [6.45, 7) is 6.72. The van der Waals surface area contributed by atoms with Crippen molar-refractivity contribution in [3.63, 3.8) is 0 Å². The molecular formula is C25H25ClN2. The first kappa shape index (κ1) is 18.8. The molecule has 2 nitrogen and oxygen atoms in total. The molecular weight excluding hydrogens is 364 g/mol. The summed E-state index contributed by atoms with van der Waals surface area (Å²) in [5.41, 5.74) is 6.11. The van der Waals surface area contributed by atoms with Crippen LogP contribution in [0.25, 0.3) is 0 Å². The highest BCUT2D eigenvalue weighted by molar-refractivity contribution is 6.30. The molecule has 0 N–H and O–H groups in total. The number of hydrogen-bond acceptors (Lipinski definition) is 2. The van der Waals surface area contributed by atoms with Gasteiger partial charge in [-0.1, -0.05) is 87.0 Å². The van der Waals surface area contributed by atoms with Crippen molar-refractivity contribution in [3.8, 4) is 0 Å². The van der Waals surface area contributed by atoms with Crippen LogP contribution in [0.5, 0.6) is 0 Å². The van der Waals surface area contributed by atoms with Crippen LogP contribution in [0.2, 0.25) is 5.02 Å². The maximum absolute atomic E-state index is 6.11. The predicted molar refractivity (Wildman–Crippen MR) is 119 cm³/mol. The lowest BCUT2D eigenvalue weighted by molar-refractivity contribution is 0.590. The third kappa shape index (κ3) is 3.83. The maximum atomic E-state index is 6.11. The summed E-state index contributed by atoms with van der Waals surface area (Å²) in [6, 6.07) is 27.5. The van der Waals surface area contributed by atoms with E-state index in [-0.39, 0.29) is 11.5 Å². The molecule has 28 heavy (non-hydrogen) atoms. The maximum Gasteiger partial charge on any atom is 0.0831 e. The van der Waals surface area contributed by atoms with Crippen LogP contribution in [0.3, 0.4) is 0 Å². The van der Waals surface area contributed by atoms with Gasteiger partial charge in [0.2, 0.25) is 0 Å². The van der Waals surface area contributed by atoms with Crippen LogP contribution < -0.4 is 5.01 Å². The molecule has 142 valence electrons. The Labute approximate surface area is 172 Å². The van der Waals surface area contributed by atoms with Crippen molar-refractivity contribution >= 4 is 23.0 Å². The first-order valence-electron chi connectivity index (χ1n) is 9.70. The number of nitrogens with zero attached hydrogens (tertiary/aromatic N) is 2. The molecule has 3 heteroatoms. The molecule has 0 amide bonds.